The molecule has 1 saturated carbocycles. The normalized spacial score (nSPS) is 23.0. The van der Waals surface area contributed by atoms with Gasteiger partial charge >= 0.3 is 0 Å². The van der Waals surface area contributed by atoms with Crippen molar-refractivity contribution in [1.29, 1.82) is 0 Å². The van der Waals surface area contributed by atoms with Crippen molar-refractivity contribution in [2.24, 2.45) is 5.92 Å². The predicted octanol–water partition coefficient (Wildman–Crippen LogP) is 5.79. The van der Waals surface area contributed by atoms with Crippen LogP contribution in [0.25, 0.3) is 20.3 Å². The summed E-state index contributed by atoms with van der Waals surface area (Å²) in [5.41, 5.74) is 0. The third-order valence-electron chi connectivity index (χ3n) is 4.59. The second kappa shape index (κ2) is 5.22. The fraction of sp³-hybridized carbons (Fsp3) is 0.412. The molecule has 0 aliphatic heterocycles. The highest BCUT2D eigenvalue weighted by Crippen LogP contribution is 2.39. The first-order valence-electron chi connectivity index (χ1n) is 7.57. The lowest BCUT2D eigenvalue weighted by atomic mass is 9.82. The Kier molecular flexibility index (Phi) is 3.35. The Bertz CT molecular complexity index is 803. The van der Waals surface area contributed by atoms with Crippen LogP contribution in [0.15, 0.2) is 24.3 Å². The Morgan fingerprint density at radius 3 is 2.67 bits per heavy atom. The first kappa shape index (κ1) is 13.5. The molecule has 1 fully saturated rings. The maximum atomic E-state index is 6.49. The quantitative estimate of drug-likeness (QED) is 0.531. The van der Waals surface area contributed by atoms with Gasteiger partial charge in [0.05, 0.1) is 5.39 Å². The SMILES string of the molecule is CC1CCC(c2nc(Cl)c3c(n2)sc2ccccc23)CC1. The molecule has 3 aromatic rings. The molecular weight excluding hydrogens is 300 g/mol. The van der Waals surface area contributed by atoms with Crippen LogP contribution in [0.1, 0.15) is 44.3 Å². The van der Waals surface area contributed by atoms with Crippen molar-refractivity contribution in [3.05, 3.63) is 35.2 Å². The van der Waals surface area contributed by atoms with Gasteiger partial charge in [-0.1, -0.05) is 49.6 Å². The highest BCUT2D eigenvalue weighted by atomic mass is 35.5. The predicted molar refractivity (Wildman–Crippen MR) is 90.3 cm³/mol. The van der Waals surface area contributed by atoms with Crippen LogP contribution in [0.3, 0.4) is 0 Å². The Hall–Kier alpha value is -1.19. The van der Waals surface area contributed by atoms with Crippen molar-refractivity contribution in [2.45, 2.75) is 38.5 Å². The molecule has 0 amide bonds. The number of halogens is 1. The summed E-state index contributed by atoms with van der Waals surface area (Å²) in [6.45, 7) is 2.33. The average Bonchev–Trinajstić information content (AvgIpc) is 2.86. The van der Waals surface area contributed by atoms with Gasteiger partial charge in [-0.25, -0.2) is 9.97 Å². The van der Waals surface area contributed by atoms with Gasteiger partial charge in [0.1, 0.15) is 15.8 Å². The molecule has 0 bridgehead atoms. The van der Waals surface area contributed by atoms with Crippen LogP contribution in [0.2, 0.25) is 5.15 Å². The minimum atomic E-state index is 0.480. The van der Waals surface area contributed by atoms with Crippen molar-refractivity contribution >= 4 is 43.2 Å². The molecule has 0 atom stereocenters. The third kappa shape index (κ3) is 2.33. The summed E-state index contributed by atoms with van der Waals surface area (Å²) in [5.74, 6) is 2.27. The number of nitrogens with zero attached hydrogens (tertiary/aromatic N) is 2. The first-order valence-corrected chi connectivity index (χ1v) is 8.76. The lowest BCUT2D eigenvalue weighted by molar-refractivity contribution is 0.340. The van der Waals surface area contributed by atoms with Gasteiger partial charge in [0.25, 0.3) is 0 Å². The largest absolute Gasteiger partial charge is 0.222 e. The smallest absolute Gasteiger partial charge is 0.142 e. The number of hydrogen-bond acceptors (Lipinski definition) is 3. The van der Waals surface area contributed by atoms with Crippen LogP contribution in [0, 0.1) is 5.92 Å². The summed E-state index contributed by atoms with van der Waals surface area (Å²) in [6, 6.07) is 8.33. The lowest BCUT2D eigenvalue weighted by Crippen LogP contribution is -2.13. The fourth-order valence-corrected chi connectivity index (χ4v) is 4.71. The van der Waals surface area contributed by atoms with Crippen molar-refractivity contribution in [2.75, 3.05) is 0 Å². The van der Waals surface area contributed by atoms with E-state index < -0.39 is 0 Å². The second-order valence-electron chi connectivity index (χ2n) is 6.11. The van der Waals surface area contributed by atoms with E-state index in [4.69, 9.17) is 16.6 Å². The molecule has 1 aromatic carbocycles. The summed E-state index contributed by atoms with van der Waals surface area (Å²) in [4.78, 5) is 10.5. The molecule has 1 aliphatic carbocycles. The van der Waals surface area contributed by atoms with Crippen molar-refractivity contribution in [3.63, 3.8) is 0 Å². The van der Waals surface area contributed by atoms with Crippen LogP contribution in [0.4, 0.5) is 0 Å². The van der Waals surface area contributed by atoms with Crippen LogP contribution >= 0.6 is 22.9 Å². The van der Waals surface area contributed by atoms with E-state index in [0.29, 0.717) is 11.1 Å². The molecule has 2 aromatic heterocycles. The average molecular weight is 317 g/mol. The number of hydrogen-bond donors (Lipinski definition) is 0. The first-order chi connectivity index (χ1) is 10.2. The zero-order chi connectivity index (χ0) is 14.4. The number of benzene rings is 1. The minimum absolute atomic E-state index is 0.480. The number of thiophene rings is 1. The molecule has 2 heterocycles. The summed E-state index contributed by atoms with van der Waals surface area (Å²) in [6.07, 6.45) is 4.92. The number of aromatic nitrogens is 2. The maximum absolute atomic E-state index is 6.49. The highest BCUT2D eigenvalue weighted by molar-refractivity contribution is 7.25. The van der Waals surface area contributed by atoms with Gasteiger partial charge in [-0.3, -0.25) is 0 Å². The van der Waals surface area contributed by atoms with Crippen LogP contribution < -0.4 is 0 Å². The van der Waals surface area contributed by atoms with E-state index in [9.17, 15) is 0 Å². The van der Waals surface area contributed by atoms with Crippen LogP contribution in [0.5, 0.6) is 0 Å². The second-order valence-corrected chi connectivity index (χ2v) is 7.50. The van der Waals surface area contributed by atoms with Gasteiger partial charge in [0.15, 0.2) is 0 Å². The number of fused-ring (bicyclic) bond motifs is 3. The minimum Gasteiger partial charge on any atom is -0.222 e. The molecule has 1 aliphatic rings. The van der Waals surface area contributed by atoms with Gasteiger partial charge in [-0.05, 0) is 24.8 Å². The van der Waals surface area contributed by atoms with Gasteiger partial charge in [-0.2, -0.15) is 0 Å². The van der Waals surface area contributed by atoms with E-state index in [1.807, 2.05) is 6.07 Å². The molecule has 0 N–H and O–H groups in total. The molecule has 0 saturated heterocycles. The Morgan fingerprint density at radius 1 is 1.10 bits per heavy atom. The van der Waals surface area contributed by atoms with Gasteiger partial charge in [-0.15, -0.1) is 11.3 Å². The van der Waals surface area contributed by atoms with E-state index in [0.717, 1.165) is 22.0 Å². The monoisotopic (exact) mass is 316 g/mol. The zero-order valence-corrected chi connectivity index (χ0v) is 13.5. The van der Waals surface area contributed by atoms with Gasteiger partial charge in [0, 0.05) is 16.0 Å². The van der Waals surface area contributed by atoms with Gasteiger partial charge in [0.2, 0.25) is 0 Å². The van der Waals surface area contributed by atoms with Crippen molar-refractivity contribution < 1.29 is 0 Å². The van der Waals surface area contributed by atoms with E-state index in [-0.39, 0.29) is 0 Å². The van der Waals surface area contributed by atoms with E-state index in [2.05, 4.69) is 30.1 Å². The molecule has 4 heteroatoms. The maximum Gasteiger partial charge on any atom is 0.142 e. The lowest BCUT2D eigenvalue weighted by Gasteiger charge is -2.24. The molecule has 21 heavy (non-hydrogen) atoms. The molecule has 0 radical (unpaired) electrons. The molecule has 0 unspecified atom stereocenters. The Morgan fingerprint density at radius 2 is 1.86 bits per heavy atom. The number of rotatable bonds is 1. The fourth-order valence-electron chi connectivity index (χ4n) is 3.30. The van der Waals surface area contributed by atoms with E-state index in [1.54, 1.807) is 11.3 Å². The summed E-state index contributed by atoms with van der Waals surface area (Å²) >= 11 is 8.20. The Balaban J connectivity index is 1.83. The summed E-state index contributed by atoms with van der Waals surface area (Å²) in [5, 5.41) is 2.81. The van der Waals surface area contributed by atoms with Crippen molar-refractivity contribution in [3.8, 4) is 0 Å². The topological polar surface area (TPSA) is 25.8 Å². The molecule has 4 rings (SSSR count). The Labute approximate surface area is 133 Å². The van der Waals surface area contributed by atoms with Crippen LogP contribution in [-0.2, 0) is 0 Å². The van der Waals surface area contributed by atoms with E-state index >= 15 is 0 Å². The van der Waals surface area contributed by atoms with Crippen molar-refractivity contribution in [1.82, 2.24) is 9.97 Å². The molecule has 0 spiro atoms. The third-order valence-corrected chi connectivity index (χ3v) is 5.93. The van der Waals surface area contributed by atoms with Crippen LogP contribution in [-0.4, -0.2) is 9.97 Å². The summed E-state index contributed by atoms with van der Waals surface area (Å²) < 4.78 is 1.23. The van der Waals surface area contributed by atoms with E-state index in [1.165, 1.54) is 35.8 Å². The molecule has 108 valence electrons. The standard InChI is InChI=1S/C17H17ClN2S/c1-10-6-8-11(9-7-10)16-19-15(18)14-12-4-2-3-5-13(12)21-17(14)20-16/h2-5,10-11H,6-9H2,1H3. The van der Waals surface area contributed by atoms with Gasteiger partial charge < -0.3 is 0 Å². The molecule has 2 nitrogen and oxygen atoms in total. The molecular formula is C17H17ClN2S. The highest BCUT2D eigenvalue weighted by Gasteiger charge is 2.23. The summed E-state index contributed by atoms with van der Waals surface area (Å²) in [7, 11) is 0. The zero-order valence-electron chi connectivity index (χ0n) is 12.0.